The molecule has 2 bridgehead atoms. The summed E-state index contributed by atoms with van der Waals surface area (Å²) in [5.74, 6) is 0.566. The molecule has 1 aromatic heterocycles. The number of nitrogens with zero attached hydrogens (tertiary/aromatic N) is 5. The van der Waals surface area contributed by atoms with E-state index in [1.165, 1.54) is 24.5 Å². The van der Waals surface area contributed by atoms with Gasteiger partial charge in [-0.3, -0.25) is 14.4 Å². The maximum absolute atomic E-state index is 14.3. The molecule has 5 heterocycles. The van der Waals surface area contributed by atoms with Gasteiger partial charge >= 0.3 is 0 Å². The van der Waals surface area contributed by atoms with Gasteiger partial charge in [-0.25, -0.2) is 14.4 Å². The Morgan fingerprint density at radius 2 is 1.81 bits per heavy atom. The standard InChI is InChI=1S/C32H41FN6O4/c1-19(2)39(20(3)4)30(41)24-13-21(33)5-8-26(24)43-27-15-34-18-35-29(27)38-16-32(17-38)9-11-37(12-10-32)31(42)28-23-7-6-22(36-28)14-25(23)40/h5,8,13,15,18-20,22-23,28,36H,6-7,9-12,14,16-17H2,1-4H3/t22-,23+,28-/m0/s1. The van der Waals surface area contributed by atoms with E-state index < -0.39 is 5.82 Å². The van der Waals surface area contributed by atoms with Crippen LogP contribution in [-0.2, 0) is 9.59 Å². The number of carbonyl (C=O) groups is 3. The third-order valence-electron chi connectivity index (χ3n) is 9.66. The fourth-order valence-electron chi connectivity index (χ4n) is 7.47. The van der Waals surface area contributed by atoms with Gasteiger partial charge in [-0.05, 0) is 71.6 Å². The van der Waals surface area contributed by atoms with Gasteiger partial charge in [0.15, 0.2) is 11.6 Å². The van der Waals surface area contributed by atoms with E-state index in [-0.39, 0.29) is 64.4 Å². The number of ketones is 1. The van der Waals surface area contributed by atoms with E-state index >= 15 is 0 Å². The summed E-state index contributed by atoms with van der Waals surface area (Å²) >= 11 is 0. The van der Waals surface area contributed by atoms with Gasteiger partial charge in [0.05, 0.1) is 17.8 Å². The van der Waals surface area contributed by atoms with Crippen LogP contribution in [0, 0.1) is 17.2 Å². The molecule has 230 valence electrons. The molecule has 2 amide bonds. The molecule has 5 aliphatic rings. The van der Waals surface area contributed by atoms with Gasteiger partial charge < -0.3 is 24.8 Å². The average molecular weight is 593 g/mol. The first kappa shape index (κ1) is 29.5. The maximum Gasteiger partial charge on any atom is 0.258 e. The minimum absolute atomic E-state index is 0.0680. The van der Waals surface area contributed by atoms with Crippen molar-refractivity contribution >= 4 is 23.4 Å². The van der Waals surface area contributed by atoms with Crippen LogP contribution in [0.2, 0.25) is 0 Å². The van der Waals surface area contributed by atoms with Crippen LogP contribution in [0.25, 0.3) is 0 Å². The largest absolute Gasteiger partial charge is 0.451 e. The Morgan fingerprint density at radius 1 is 1.09 bits per heavy atom. The van der Waals surface area contributed by atoms with Gasteiger partial charge in [0, 0.05) is 62.1 Å². The SMILES string of the molecule is CC(C)N(C(=O)c1cc(F)ccc1Oc1cncnc1N1CC2(CCN(C(=O)[C@H]3N[C@H]4CC[C@@H]3C(=O)C4)CC2)C1)C(C)C. The maximum atomic E-state index is 14.3. The first-order valence-corrected chi connectivity index (χ1v) is 15.5. The number of hydrogen-bond acceptors (Lipinski definition) is 8. The van der Waals surface area contributed by atoms with Crippen LogP contribution in [0.15, 0.2) is 30.7 Å². The Bertz CT molecular complexity index is 1390. The fraction of sp³-hybridized carbons (Fsp3) is 0.594. The number of benzene rings is 1. The first-order valence-electron chi connectivity index (χ1n) is 15.5. The third kappa shape index (κ3) is 5.59. The number of likely N-dealkylation sites (tertiary alicyclic amines) is 1. The van der Waals surface area contributed by atoms with E-state index in [1.54, 1.807) is 11.1 Å². The van der Waals surface area contributed by atoms with Gasteiger partial charge in [-0.1, -0.05) is 0 Å². The van der Waals surface area contributed by atoms with Crippen molar-refractivity contribution in [3.63, 3.8) is 0 Å². The van der Waals surface area contributed by atoms with Gasteiger partial charge in [-0.15, -0.1) is 0 Å². The number of piperidine rings is 3. The van der Waals surface area contributed by atoms with Gasteiger partial charge in [0.1, 0.15) is 23.7 Å². The molecule has 1 aromatic carbocycles. The molecular formula is C32H41FN6O4. The predicted molar refractivity (Wildman–Crippen MR) is 158 cm³/mol. The molecule has 7 rings (SSSR count). The molecule has 11 heteroatoms. The highest BCUT2D eigenvalue weighted by Gasteiger charge is 2.49. The molecule has 0 radical (unpaired) electrons. The van der Waals surface area contributed by atoms with Crippen molar-refractivity contribution in [2.45, 2.75) is 84.0 Å². The molecule has 1 aliphatic carbocycles. The lowest BCUT2D eigenvalue weighted by Gasteiger charge is -2.55. The quantitative estimate of drug-likeness (QED) is 0.518. The lowest BCUT2D eigenvalue weighted by atomic mass is 9.71. The molecule has 5 fully saturated rings. The summed E-state index contributed by atoms with van der Waals surface area (Å²) in [7, 11) is 0. The summed E-state index contributed by atoms with van der Waals surface area (Å²) in [4.78, 5) is 53.7. The highest BCUT2D eigenvalue weighted by Crippen LogP contribution is 2.45. The minimum atomic E-state index is -0.513. The number of nitrogens with one attached hydrogen (secondary N) is 1. The van der Waals surface area contributed by atoms with Crippen molar-refractivity contribution in [1.29, 1.82) is 0 Å². The summed E-state index contributed by atoms with van der Waals surface area (Å²) in [6, 6.07) is 3.59. The molecule has 10 nitrogen and oxygen atoms in total. The van der Waals surface area contributed by atoms with Gasteiger partial charge in [-0.2, -0.15) is 0 Å². The molecule has 0 unspecified atom stereocenters. The van der Waals surface area contributed by atoms with Crippen molar-refractivity contribution in [1.82, 2.24) is 25.1 Å². The van der Waals surface area contributed by atoms with E-state index in [9.17, 15) is 18.8 Å². The van der Waals surface area contributed by atoms with Crippen LogP contribution < -0.4 is 15.0 Å². The number of ether oxygens (including phenoxy) is 1. The number of halogens is 1. The van der Waals surface area contributed by atoms with Crippen molar-refractivity contribution in [2.24, 2.45) is 11.3 Å². The normalized spacial score (nSPS) is 24.4. The summed E-state index contributed by atoms with van der Waals surface area (Å²) in [5, 5.41) is 3.42. The molecule has 1 spiro atoms. The Labute approximate surface area is 252 Å². The Balaban J connectivity index is 1.12. The van der Waals surface area contributed by atoms with E-state index in [1.807, 2.05) is 32.6 Å². The summed E-state index contributed by atoms with van der Waals surface area (Å²) in [5.41, 5.74) is 0.219. The van der Waals surface area contributed by atoms with Crippen molar-refractivity contribution < 1.29 is 23.5 Å². The van der Waals surface area contributed by atoms with E-state index in [0.717, 1.165) is 38.8 Å². The zero-order chi connectivity index (χ0) is 30.5. The number of aromatic nitrogens is 2. The number of amides is 2. The van der Waals surface area contributed by atoms with E-state index in [0.29, 0.717) is 31.1 Å². The lowest BCUT2D eigenvalue weighted by Crippen LogP contribution is -2.65. The molecular weight excluding hydrogens is 551 g/mol. The van der Waals surface area contributed by atoms with Crippen molar-refractivity contribution in [3.8, 4) is 11.5 Å². The summed E-state index contributed by atoms with van der Waals surface area (Å²) in [6.07, 6.45) is 7.13. The summed E-state index contributed by atoms with van der Waals surface area (Å²) in [6.45, 7) is 10.6. The fourth-order valence-corrected chi connectivity index (χ4v) is 7.47. The second kappa shape index (κ2) is 11.5. The average Bonchev–Trinajstić information content (AvgIpc) is 2.96. The Morgan fingerprint density at radius 3 is 2.47 bits per heavy atom. The number of rotatable bonds is 7. The number of hydrogen-bond donors (Lipinski definition) is 1. The zero-order valence-electron chi connectivity index (χ0n) is 25.4. The number of anilines is 1. The van der Waals surface area contributed by atoms with Gasteiger partial charge in [0.2, 0.25) is 5.91 Å². The Kier molecular flexibility index (Phi) is 7.87. The topological polar surface area (TPSA) is 108 Å². The monoisotopic (exact) mass is 592 g/mol. The molecule has 3 atom stereocenters. The van der Waals surface area contributed by atoms with Gasteiger partial charge in [0.25, 0.3) is 5.91 Å². The second-order valence-electron chi connectivity index (χ2n) is 13.2. The van der Waals surface area contributed by atoms with Crippen LogP contribution >= 0.6 is 0 Å². The highest BCUT2D eigenvalue weighted by atomic mass is 19.1. The van der Waals surface area contributed by atoms with Crippen LogP contribution in [0.1, 0.15) is 70.2 Å². The summed E-state index contributed by atoms with van der Waals surface area (Å²) < 4.78 is 20.6. The third-order valence-corrected chi connectivity index (χ3v) is 9.66. The van der Waals surface area contributed by atoms with Crippen LogP contribution in [0.4, 0.5) is 10.2 Å². The van der Waals surface area contributed by atoms with E-state index in [2.05, 4.69) is 20.2 Å². The second-order valence-corrected chi connectivity index (χ2v) is 13.2. The molecule has 2 aromatic rings. The minimum Gasteiger partial charge on any atom is -0.451 e. The van der Waals surface area contributed by atoms with Crippen LogP contribution in [-0.4, -0.2) is 87.7 Å². The number of fused-ring (bicyclic) bond motifs is 3. The van der Waals surface area contributed by atoms with Crippen molar-refractivity contribution in [2.75, 3.05) is 31.1 Å². The molecule has 1 N–H and O–H groups in total. The number of carbonyl (C=O) groups excluding carboxylic acids is 3. The number of Topliss-reactive ketones (excluding diaryl/α,β-unsaturated/α-hetero) is 1. The van der Waals surface area contributed by atoms with Crippen LogP contribution in [0.5, 0.6) is 11.5 Å². The smallest absolute Gasteiger partial charge is 0.258 e. The highest BCUT2D eigenvalue weighted by molar-refractivity contribution is 5.97. The van der Waals surface area contributed by atoms with E-state index in [4.69, 9.17) is 4.74 Å². The molecule has 1 saturated carbocycles. The van der Waals surface area contributed by atoms with Crippen LogP contribution in [0.3, 0.4) is 0 Å². The Hall–Kier alpha value is -3.60. The predicted octanol–water partition coefficient (Wildman–Crippen LogP) is 3.81. The molecule has 4 aliphatic heterocycles. The molecule has 4 saturated heterocycles. The van der Waals surface area contributed by atoms with Crippen molar-refractivity contribution in [3.05, 3.63) is 42.1 Å². The molecule has 43 heavy (non-hydrogen) atoms. The zero-order valence-corrected chi connectivity index (χ0v) is 25.4. The first-order chi connectivity index (χ1) is 20.5. The lowest BCUT2D eigenvalue weighted by molar-refractivity contribution is -0.145.